The van der Waals surface area contributed by atoms with Gasteiger partial charge in [-0.1, -0.05) is 36.4 Å². The third kappa shape index (κ3) is 2.28. The highest BCUT2D eigenvalue weighted by Crippen LogP contribution is 2.47. The first kappa shape index (κ1) is 15.8. The Morgan fingerprint density at radius 3 is 2.85 bits per heavy atom. The van der Waals surface area contributed by atoms with Gasteiger partial charge in [-0.3, -0.25) is 0 Å². The van der Waals surface area contributed by atoms with Gasteiger partial charge < -0.3 is 19.9 Å². The van der Waals surface area contributed by atoms with Gasteiger partial charge in [-0.25, -0.2) is 4.79 Å². The van der Waals surface area contributed by atoms with E-state index in [0.717, 1.165) is 33.2 Å². The number of fused-ring (bicyclic) bond motifs is 4. The second kappa shape index (κ2) is 5.77. The van der Waals surface area contributed by atoms with E-state index < -0.39 is 0 Å². The zero-order valence-electron chi connectivity index (χ0n) is 14.7. The lowest BCUT2D eigenvalue weighted by Crippen LogP contribution is -2.22. The Hall–Kier alpha value is -3.47. The van der Waals surface area contributed by atoms with E-state index in [0.29, 0.717) is 11.3 Å². The van der Waals surface area contributed by atoms with Crippen molar-refractivity contribution in [1.82, 2.24) is 0 Å². The van der Waals surface area contributed by atoms with E-state index in [-0.39, 0.29) is 24.4 Å². The van der Waals surface area contributed by atoms with Crippen LogP contribution in [-0.4, -0.2) is 24.8 Å². The van der Waals surface area contributed by atoms with Crippen LogP contribution in [0.3, 0.4) is 0 Å². The molecule has 0 aromatic heterocycles. The third-order valence-electron chi connectivity index (χ3n) is 5.25. The van der Waals surface area contributed by atoms with Crippen molar-refractivity contribution in [2.45, 2.75) is 6.04 Å². The number of rotatable bonds is 2. The van der Waals surface area contributed by atoms with Crippen molar-refractivity contribution in [2.75, 3.05) is 19.0 Å². The van der Waals surface area contributed by atoms with E-state index in [1.165, 1.54) is 7.11 Å². The molecule has 0 saturated heterocycles. The normalized spacial score (nSPS) is 18.0. The van der Waals surface area contributed by atoms with Crippen molar-refractivity contribution in [3.63, 3.8) is 0 Å². The number of ether oxygens (including phenoxy) is 2. The minimum Gasteiger partial charge on any atom is -0.504 e. The molecular formula is C22H17NO4. The molecule has 5 nitrogen and oxygen atoms in total. The molecule has 27 heavy (non-hydrogen) atoms. The van der Waals surface area contributed by atoms with Crippen LogP contribution in [0.1, 0.15) is 17.2 Å². The maximum absolute atomic E-state index is 12.6. The number of carbonyl (C=O) groups excluding carboxylic acids is 1. The lowest BCUT2D eigenvalue weighted by molar-refractivity contribution is -0.136. The summed E-state index contributed by atoms with van der Waals surface area (Å²) in [5.41, 5.74) is 4.35. The van der Waals surface area contributed by atoms with E-state index in [9.17, 15) is 9.90 Å². The Kier molecular flexibility index (Phi) is 3.37. The molecule has 1 atom stereocenters. The zero-order chi connectivity index (χ0) is 18.5. The maximum atomic E-state index is 12.6. The summed E-state index contributed by atoms with van der Waals surface area (Å²) in [6.45, 7) is 0.266. The van der Waals surface area contributed by atoms with Gasteiger partial charge >= 0.3 is 5.97 Å². The van der Waals surface area contributed by atoms with Crippen LogP contribution in [0.25, 0.3) is 16.3 Å². The van der Waals surface area contributed by atoms with Crippen molar-refractivity contribution < 1.29 is 19.4 Å². The van der Waals surface area contributed by atoms with Crippen LogP contribution in [0.2, 0.25) is 0 Å². The van der Waals surface area contributed by atoms with Gasteiger partial charge in [-0.2, -0.15) is 0 Å². The Balaban J connectivity index is 1.74. The highest BCUT2D eigenvalue weighted by Gasteiger charge is 2.38. The molecule has 2 aliphatic rings. The Morgan fingerprint density at radius 2 is 2.00 bits per heavy atom. The average molecular weight is 359 g/mol. The van der Waals surface area contributed by atoms with Crippen LogP contribution >= 0.6 is 0 Å². The number of cyclic esters (lactones) is 1. The predicted molar refractivity (Wildman–Crippen MR) is 103 cm³/mol. The molecule has 3 aromatic carbocycles. The number of hydrogen-bond acceptors (Lipinski definition) is 5. The molecule has 0 radical (unpaired) electrons. The Bertz CT molecular complexity index is 1130. The lowest BCUT2D eigenvalue weighted by atomic mass is 9.85. The van der Waals surface area contributed by atoms with Crippen LogP contribution in [0.15, 0.2) is 60.2 Å². The number of esters is 1. The highest BCUT2D eigenvalue weighted by atomic mass is 16.5. The Labute approximate surface area is 155 Å². The van der Waals surface area contributed by atoms with E-state index in [4.69, 9.17) is 9.47 Å². The van der Waals surface area contributed by atoms with Crippen molar-refractivity contribution in [3.05, 3.63) is 71.3 Å². The van der Waals surface area contributed by atoms with Crippen molar-refractivity contribution in [3.8, 4) is 11.5 Å². The molecule has 5 heteroatoms. The monoisotopic (exact) mass is 359 g/mol. The largest absolute Gasteiger partial charge is 0.504 e. The van der Waals surface area contributed by atoms with Gasteiger partial charge in [-0.15, -0.1) is 0 Å². The summed E-state index contributed by atoms with van der Waals surface area (Å²) >= 11 is 0. The number of carbonyl (C=O) groups is 1. The second-order valence-corrected chi connectivity index (χ2v) is 6.69. The van der Waals surface area contributed by atoms with Gasteiger partial charge in [0, 0.05) is 16.8 Å². The fourth-order valence-electron chi connectivity index (χ4n) is 3.98. The number of anilines is 1. The van der Waals surface area contributed by atoms with Crippen LogP contribution in [0, 0.1) is 0 Å². The minimum absolute atomic E-state index is 0.0617. The molecule has 5 rings (SSSR count). The van der Waals surface area contributed by atoms with Gasteiger partial charge in [0.1, 0.15) is 6.61 Å². The highest BCUT2D eigenvalue weighted by molar-refractivity contribution is 6.11. The topological polar surface area (TPSA) is 67.8 Å². The molecular weight excluding hydrogens is 342 g/mol. The van der Waals surface area contributed by atoms with Gasteiger partial charge in [0.25, 0.3) is 0 Å². The molecule has 2 N–H and O–H groups in total. The first-order valence-electron chi connectivity index (χ1n) is 8.73. The van der Waals surface area contributed by atoms with E-state index >= 15 is 0 Å². The smallest absolute Gasteiger partial charge is 0.337 e. The standard InChI is InChI=1S/C22H17NO4/c1-26-18-10-13(7-9-17(18)24)21-20-15(11-27-22(20)25)19-14-5-3-2-4-12(14)6-8-16(19)23-21/h2-10,21,23-24H,11H2,1H3/t21-/m0/s1. The third-order valence-corrected chi connectivity index (χ3v) is 5.25. The van der Waals surface area contributed by atoms with Crippen molar-refractivity contribution in [1.29, 1.82) is 0 Å². The fraction of sp³-hybridized carbons (Fsp3) is 0.136. The zero-order valence-corrected chi connectivity index (χ0v) is 14.7. The summed E-state index contributed by atoms with van der Waals surface area (Å²) < 4.78 is 10.6. The number of benzene rings is 3. The van der Waals surface area contributed by atoms with Crippen molar-refractivity contribution in [2.24, 2.45) is 0 Å². The SMILES string of the molecule is COc1cc([C@@H]2Nc3ccc4ccccc4c3C3=C2C(=O)OC3)ccc1O. The average Bonchev–Trinajstić information content (AvgIpc) is 3.09. The molecule has 2 aliphatic heterocycles. The lowest BCUT2D eigenvalue weighted by Gasteiger charge is -2.28. The number of hydrogen-bond donors (Lipinski definition) is 2. The molecule has 134 valence electrons. The molecule has 0 unspecified atom stereocenters. The first-order valence-corrected chi connectivity index (χ1v) is 8.73. The van der Waals surface area contributed by atoms with Gasteiger partial charge in [-0.05, 0) is 34.5 Å². The van der Waals surface area contributed by atoms with Crippen LogP contribution in [0.5, 0.6) is 11.5 Å². The molecule has 0 saturated carbocycles. The summed E-state index contributed by atoms with van der Waals surface area (Å²) in [7, 11) is 1.50. The van der Waals surface area contributed by atoms with E-state index in [1.54, 1.807) is 18.2 Å². The van der Waals surface area contributed by atoms with Crippen LogP contribution in [0.4, 0.5) is 5.69 Å². The number of methoxy groups -OCH3 is 1. The Morgan fingerprint density at radius 1 is 1.15 bits per heavy atom. The quantitative estimate of drug-likeness (QED) is 0.676. The fourth-order valence-corrected chi connectivity index (χ4v) is 3.98. The van der Waals surface area contributed by atoms with E-state index in [1.807, 2.05) is 18.2 Å². The summed E-state index contributed by atoms with van der Waals surface area (Å²) in [5.74, 6) is 0.118. The molecule has 0 bridgehead atoms. The second-order valence-electron chi connectivity index (χ2n) is 6.69. The summed E-state index contributed by atoms with van der Waals surface area (Å²) in [5, 5.41) is 15.6. The number of aromatic hydroxyl groups is 1. The number of phenols is 1. The molecule has 0 fully saturated rings. The summed E-state index contributed by atoms with van der Waals surface area (Å²) in [4.78, 5) is 12.6. The first-order chi connectivity index (χ1) is 13.2. The number of nitrogens with one attached hydrogen (secondary N) is 1. The maximum Gasteiger partial charge on any atom is 0.337 e. The van der Waals surface area contributed by atoms with Crippen molar-refractivity contribution >= 4 is 28.0 Å². The van der Waals surface area contributed by atoms with Crippen LogP contribution in [-0.2, 0) is 9.53 Å². The predicted octanol–water partition coefficient (Wildman–Crippen LogP) is 4.03. The minimum atomic E-state index is -0.363. The molecule has 0 aliphatic carbocycles. The van der Waals surface area contributed by atoms with Gasteiger partial charge in [0.05, 0.1) is 18.7 Å². The number of phenolic OH excluding ortho intramolecular Hbond substituents is 1. The van der Waals surface area contributed by atoms with Gasteiger partial charge in [0.15, 0.2) is 11.5 Å². The van der Waals surface area contributed by atoms with Crippen LogP contribution < -0.4 is 10.1 Å². The summed E-state index contributed by atoms with van der Waals surface area (Å²) in [6, 6.07) is 17.0. The van der Waals surface area contributed by atoms with E-state index in [2.05, 4.69) is 23.5 Å². The molecule has 0 spiro atoms. The molecule has 3 aromatic rings. The van der Waals surface area contributed by atoms with Gasteiger partial charge in [0.2, 0.25) is 0 Å². The molecule has 0 amide bonds. The summed E-state index contributed by atoms with van der Waals surface area (Å²) in [6.07, 6.45) is 0. The molecule has 2 heterocycles.